The number of rotatable bonds is 4. The molecule has 0 spiro atoms. The Bertz CT molecular complexity index is 504. The monoisotopic (exact) mass is 277 g/mol. The maximum atomic E-state index is 12.0. The van der Waals surface area contributed by atoms with Crippen molar-refractivity contribution in [2.75, 3.05) is 25.1 Å². The lowest BCUT2D eigenvalue weighted by atomic mass is 10.2. The molecule has 1 aliphatic heterocycles. The molecule has 0 bridgehead atoms. The van der Waals surface area contributed by atoms with Crippen LogP contribution < -0.4 is 20.3 Å². The van der Waals surface area contributed by atoms with Gasteiger partial charge in [-0.25, -0.2) is 4.79 Å². The molecular formula is C14H19N3O3. The first kappa shape index (κ1) is 14.2. The summed E-state index contributed by atoms with van der Waals surface area (Å²) < 4.78 is 5.16. The van der Waals surface area contributed by atoms with Crippen LogP contribution in [0.3, 0.4) is 0 Å². The quantitative estimate of drug-likeness (QED) is 0.866. The highest BCUT2D eigenvalue weighted by atomic mass is 16.5. The zero-order chi connectivity index (χ0) is 14.5. The van der Waals surface area contributed by atoms with Crippen molar-refractivity contribution in [2.45, 2.75) is 19.4 Å². The molecule has 1 aromatic rings. The van der Waals surface area contributed by atoms with Crippen LogP contribution in [0.2, 0.25) is 0 Å². The van der Waals surface area contributed by atoms with Gasteiger partial charge in [0, 0.05) is 31.3 Å². The number of hydrogen-bond acceptors (Lipinski definition) is 3. The number of nitrogens with one attached hydrogen (secondary N) is 2. The third-order valence-corrected chi connectivity index (χ3v) is 3.16. The van der Waals surface area contributed by atoms with Crippen molar-refractivity contribution in [3.05, 3.63) is 24.3 Å². The van der Waals surface area contributed by atoms with Crippen LogP contribution in [0.1, 0.15) is 13.3 Å². The Balaban J connectivity index is 2.03. The Morgan fingerprint density at radius 1 is 1.50 bits per heavy atom. The Morgan fingerprint density at radius 2 is 2.30 bits per heavy atom. The van der Waals surface area contributed by atoms with Crippen LogP contribution in [-0.2, 0) is 4.79 Å². The SMILES string of the molecule is CCNC(=O)N[C@@H]1CC(=O)N(c2cccc(OC)c2)C1. The molecule has 0 saturated carbocycles. The summed E-state index contributed by atoms with van der Waals surface area (Å²) >= 11 is 0. The van der Waals surface area contributed by atoms with Crippen molar-refractivity contribution < 1.29 is 14.3 Å². The number of carbonyl (C=O) groups is 2. The lowest BCUT2D eigenvalue weighted by Crippen LogP contribution is -2.43. The van der Waals surface area contributed by atoms with E-state index in [0.717, 1.165) is 5.69 Å². The first-order valence-electron chi connectivity index (χ1n) is 6.62. The first-order valence-corrected chi connectivity index (χ1v) is 6.62. The van der Waals surface area contributed by atoms with Crippen molar-refractivity contribution in [2.24, 2.45) is 0 Å². The van der Waals surface area contributed by atoms with Crippen LogP contribution in [0.25, 0.3) is 0 Å². The molecule has 0 unspecified atom stereocenters. The maximum absolute atomic E-state index is 12.0. The van der Waals surface area contributed by atoms with Crippen molar-refractivity contribution in [3.8, 4) is 5.75 Å². The molecule has 1 aliphatic rings. The molecule has 1 aromatic carbocycles. The highest BCUT2D eigenvalue weighted by molar-refractivity contribution is 5.97. The van der Waals surface area contributed by atoms with Gasteiger partial charge in [-0.2, -0.15) is 0 Å². The maximum Gasteiger partial charge on any atom is 0.315 e. The highest BCUT2D eigenvalue weighted by Crippen LogP contribution is 2.25. The molecule has 0 aliphatic carbocycles. The highest BCUT2D eigenvalue weighted by Gasteiger charge is 2.31. The van der Waals surface area contributed by atoms with Gasteiger partial charge < -0.3 is 20.3 Å². The predicted octanol–water partition coefficient (Wildman–Crippen LogP) is 1.12. The van der Waals surface area contributed by atoms with Gasteiger partial charge in [0.1, 0.15) is 5.75 Å². The number of methoxy groups -OCH3 is 1. The fourth-order valence-electron chi connectivity index (χ4n) is 2.23. The van der Waals surface area contributed by atoms with E-state index in [-0.39, 0.29) is 18.0 Å². The molecule has 2 rings (SSSR count). The van der Waals surface area contributed by atoms with Gasteiger partial charge in [-0.05, 0) is 19.1 Å². The fourth-order valence-corrected chi connectivity index (χ4v) is 2.23. The molecule has 6 nitrogen and oxygen atoms in total. The summed E-state index contributed by atoms with van der Waals surface area (Å²) in [7, 11) is 1.59. The minimum atomic E-state index is -0.238. The predicted molar refractivity (Wildman–Crippen MR) is 76.0 cm³/mol. The number of nitrogens with zero attached hydrogens (tertiary/aromatic N) is 1. The number of amides is 3. The summed E-state index contributed by atoms with van der Waals surface area (Å²) in [4.78, 5) is 25.2. The second-order valence-electron chi connectivity index (χ2n) is 4.61. The second-order valence-corrected chi connectivity index (χ2v) is 4.61. The Labute approximate surface area is 118 Å². The third kappa shape index (κ3) is 3.20. The van der Waals surface area contributed by atoms with Gasteiger partial charge in [0.05, 0.1) is 13.2 Å². The summed E-state index contributed by atoms with van der Waals surface area (Å²) in [5, 5.41) is 5.45. The summed E-state index contributed by atoms with van der Waals surface area (Å²) in [5.41, 5.74) is 0.787. The van der Waals surface area contributed by atoms with Crippen molar-refractivity contribution in [1.82, 2.24) is 10.6 Å². The minimum Gasteiger partial charge on any atom is -0.497 e. The van der Waals surface area contributed by atoms with E-state index in [1.165, 1.54) is 0 Å². The summed E-state index contributed by atoms with van der Waals surface area (Å²) in [6.45, 7) is 2.89. The summed E-state index contributed by atoms with van der Waals surface area (Å²) in [5.74, 6) is 0.704. The lowest BCUT2D eigenvalue weighted by Gasteiger charge is -2.18. The van der Waals surface area contributed by atoms with Crippen LogP contribution in [0, 0.1) is 0 Å². The number of anilines is 1. The van der Waals surface area contributed by atoms with Gasteiger partial charge in [0.2, 0.25) is 5.91 Å². The zero-order valence-corrected chi connectivity index (χ0v) is 11.7. The average molecular weight is 277 g/mol. The first-order chi connectivity index (χ1) is 9.63. The van der Waals surface area contributed by atoms with E-state index in [0.29, 0.717) is 25.3 Å². The standard InChI is InChI=1S/C14H19N3O3/c1-3-15-14(19)16-10-7-13(18)17(9-10)11-5-4-6-12(8-11)20-2/h4-6,8,10H,3,7,9H2,1-2H3,(H2,15,16,19)/t10-/m1/s1. The Kier molecular flexibility index (Phi) is 4.45. The number of ether oxygens (including phenoxy) is 1. The van der Waals surface area contributed by atoms with Crippen molar-refractivity contribution >= 4 is 17.6 Å². The van der Waals surface area contributed by atoms with E-state index >= 15 is 0 Å². The van der Waals surface area contributed by atoms with Crippen LogP contribution in [0.4, 0.5) is 10.5 Å². The van der Waals surface area contributed by atoms with Gasteiger partial charge in [-0.1, -0.05) is 6.07 Å². The minimum absolute atomic E-state index is 0.0000477. The molecule has 1 heterocycles. The normalized spacial score (nSPS) is 18.0. The number of benzene rings is 1. The molecule has 2 N–H and O–H groups in total. The molecule has 20 heavy (non-hydrogen) atoms. The van der Waals surface area contributed by atoms with Crippen molar-refractivity contribution in [1.29, 1.82) is 0 Å². The molecule has 6 heteroatoms. The van der Waals surface area contributed by atoms with E-state index < -0.39 is 0 Å². The van der Waals surface area contributed by atoms with Crippen LogP contribution >= 0.6 is 0 Å². The van der Waals surface area contributed by atoms with Crippen LogP contribution in [0.15, 0.2) is 24.3 Å². The summed E-state index contributed by atoms with van der Waals surface area (Å²) in [6.07, 6.45) is 0.314. The van der Waals surface area contributed by atoms with Crippen LogP contribution in [0.5, 0.6) is 5.75 Å². The lowest BCUT2D eigenvalue weighted by molar-refractivity contribution is -0.117. The molecule has 0 radical (unpaired) electrons. The van der Waals surface area contributed by atoms with E-state index in [4.69, 9.17) is 4.74 Å². The van der Waals surface area contributed by atoms with Gasteiger partial charge in [-0.15, -0.1) is 0 Å². The van der Waals surface area contributed by atoms with E-state index in [1.807, 2.05) is 31.2 Å². The summed E-state index contributed by atoms with van der Waals surface area (Å²) in [6, 6.07) is 6.93. The average Bonchev–Trinajstić information content (AvgIpc) is 2.79. The fraction of sp³-hybridized carbons (Fsp3) is 0.429. The number of hydrogen-bond donors (Lipinski definition) is 2. The smallest absolute Gasteiger partial charge is 0.315 e. The molecule has 108 valence electrons. The van der Waals surface area contributed by atoms with Crippen molar-refractivity contribution in [3.63, 3.8) is 0 Å². The number of carbonyl (C=O) groups excluding carboxylic acids is 2. The van der Waals surface area contributed by atoms with Gasteiger partial charge in [0.25, 0.3) is 0 Å². The van der Waals surface area contributed by atoms with Crippen LogP contribution in [-0.4, -0.2) is 38.2 Å². The van der Waals surface area contributed by atoms with Gasteiger partial charge in [0.15, 0.2) is 0 Å². The van der Waals surface area contributed by atoms with E-state index in [2.05, 4.69) is 10.6 Å². The number of urea groups is 1. The molecule has 3 amide bonds. The largest absolute Gasteiger partial charge is 0.497 e. The van der Waals surface area contributed by atoms with Gasteiger partial charge in [-0.3, -0.25) is 4.79 Å². The Hall–Kier alpha value is -2.24. The molecule has 1 saturated heterocycles. The molecular weight excluding hydrogens is 258 g/mol. The zero-order valence-electron chi connectivity index (χ0n) is 11.7. The second kappa shape index (κ2) is 6.27. The molecule has 0 aromatic heterocycles. The van der Waals surface area contributed by atoms with E-state index in [1.54, 1.807) is 12.0 Å². The topological polar surface area (TPSA) is 70.7 Å². The van der Waals surface area contributed by atoms with E-state index in [9.17, 15) is 9.59 Å². The molecule has 1 fully saturated rings. The third-order valence-electron chi connectivity index (χ3n) is 3.16. The Morgan fingerprint density at radius 3 is 3.00 bits per heavy atom. The van der Waals surface area contributed by atoms with Gasteiger partial charge >= 0.3 is 6.03 Å². The molecule has 1 atom stereocenters.